The zero-order valence-electron chi connectivity index (χ0n) is 12.7. The van der Waals surface area contributed by atoms with E-state index in [0.717, 1.165) is 15.9 Å². The number of aromatic nitrogens is 2. The Kier molecular flexibility index (Phi) is 4.40. The highest BCUT2D eigenvalue weighted by Crippen LogP contribution is 2.30. The molecular weight excluding hydrogens is 319 g/mol. The summed E-state index contributed by atoms with van der Waals surface area (Å²) in [6.45, 7) is 2.41. The van der Waals surface area contributed by atoms with Gasteiger partial charge in [-0.15, -0.1) is 11.3 Å². The number of hydrogen-bond acceptors (Lipinski definition) is 5. The molecule has 0 radical (unpaired) electrons. The number of carbonyl (C=O) groups is 1. The van der Waals surface area contributed by atoms with E-state index >= 15 is 0 Å². The lowest BCUT2D eigenvalue weighted by Crippen LogP contribution is -2.08. The number of carbonyl (C=O) groups excluding carboxylic acids is 1. The third-order valence-corrected chi connectivity index (χ3v) is 4.41. The van der Waals surface area contributed by atoms with Crippen molar-refractivity contribution in [2.24, 2.45) is 0 Å². The average Bonchev–Trinajstić information content (AvgIpc) is 3.08. The first-order valence-electron chi connectivity index (χ1n) is 7.01. The normalized spacial score (nSPS) is 11.1. The number of halogens is 1. The second-order valence-corrected chi connectivity index (χ2v) is 5.97. The molecule has 2 heterocycles. The Hall–Kier alpha value is -2.25. The molecule has 2 aromatic heterocycles. The van der Waals surface area contributed by atoms with Crippen LogP contribution in [0.3, 0.4) is 0 Å². The maximum atomic E-state index is 13.4. The van der Waals surface area contributed by atoms with Crippen LogP contribution in [-0.4, -0.2) is 36.1 Å². The third kappa shape index (κ3) is 3.11. The summed E-state index contributed by atoms with van der Waals surface area (Å²) in [6.07, 6.45) is 0. The van der Waals surface area contributed by atoms with Gasteiger partial charge in [0.25, 0.3) is 0 Å². The van der Waals surface area contributed by atoms with Crippen molar-refractivity contribution in [2.45, 2.75) is 6.92 Å². The number of rotatable bonds is 5. The van der Waals surface area contributed by atoms with Crippen molar-refractivity contribution in [1.82, 2.24) is 9.78 Å². The van der Waals surface area contributed by atoms with E-state index in [-0.39, 0.29) is 12.4 Å². The predicted molar refractivity (Wildman–Crippen MR) is 85.8 cm³/mol. The van der Waals surface area contributed by atoms with Crippen LogP contribution in [0.5, 0.6) is 0 Å². The zero-order valence-corrected chi connectivity index (χ0v) is 13.5. The molecule has 0 aliphatic heterocycles. The number of thiophene rings is 1. The molecule has 23 heavy (non-hydrogen) atoms. The summed E-state index contributed by atoms with van der Waals surface area (Å²) in [5, 5.41) is 5.28. The molecule has 0 aliphatic rings. The van der Waals surface area contributed by atoms with Gasteiger partial charge in [-0.05, 0) is 31.2 Å². The third-order valence-electron chi connectivity index (χ3n) is 3.32. The number of methoxy groups -OCH3 is 1. The summed E-state index contributed by atoms with van der Waals surface area (Å²) >= 11 is 1.27. The first-order chi connectivity index (χ1) is 11.1. The van der Waals surface area contributed by atoms with Crippen LogP contribution in [0.1, 0.15) is 15.4 Å². The Labute approximate surface area is 136 Å². The van der Waals surface area contributed by atoms with E-state index in [2.05, 4.69) is 5.10 Å². The molecule has 0 N–H and O–H groups in total. The molecular formula is C16H15FN2O3S. The first-order valence-corrected chi connectivity index (χ1v) is 7.83. The fourth-order valence-electron chi connectivity index (χ4n) is 2.22. The minimum Gasteiger partial charge on any atom is -0.459 e. The van der Waals surface area contributed by atoms with Crippen LogP contribution in [-0.2, 0) is 9.47 Å². The number of nitrogens with zero attached hydrogens (tertiary/aromatic N) is 2. The maximum absolute atomic E-state index is 13.4. The molecule has 0 bridgehead atoms. The molecule has 0 atom stereocenters. The van der Waals surface area contributed by atoms with Gasteiger partial charge < -0.3 is 9.47 Å². The molecule has 3 aromatic rings. The summed E-state index contributed by atoms with van der Waals surface area (Å²) in [5.41, 5.74) is 1.39. The number of ether oxygens (including phenoxy) is 2. The molecule has 0 saturated carbocycles. The summed E-state index contributed by atoms with van der Waals surface area (Å²) in [6, 6.07) is 7.94. The van der Waals surface area contributed by atoms with Gasteiger partial charge in [0.15, 0.2) is 0 Å². The number of hydrogen-bond donors (Lipinski definition) is 0. The largest absolute Gasteiger partial charge is 0.459 e. The van der Waals surface area contributed by atoms with Crippen LogP contribution in [0.4, 0.5) is 4.39 Å². The van der Waals surface area contributed by atoms with Gasteiger partial charge in [-0.2, -0.15) is 5.10 Å². The van der Waals surface area contributed by atoms with Gasteiger partial charge in [0.05, 0.1) is 18.0 Å². The Morgan fingerprint density at radius 1 is 1.35 bits per heavy atom. The van der Waals surface area contributed by atoms with Crippen molar-refractivity contribution < 1.29 is 18.7 Å². The Balaban J connectivity index is 1.97. The molecule has 0 saturated heterocycles. The SMILES string of the molecule is COCCOC(=O)c1cc2c(C)nn(-c3cccc(F)c3)c2s1. The molecule has 7 heteroatoms. The fraction of sp³-hybridized carbons (Fsp3) is 0.250. The van der Waals surface area contributed by atoms with Crippen molar-refractivity contribution >= 4 is 27.5 Å². The van der Waals surface area contributed by atoms with Crippen molar-refractivity contribution in [3.63, 3.8) is 0 Å². The molecule has 0 aliphatic carbocycles. The van der Waals surface area contributed by atoms with Gasteiger partial charge in [0.2, 0.25) is 0 Å². The minimum atomic E-state index is -0.395. The van der Waals surface area contributed by atoms with Crippen LogP contribution >= 0.6 is 11.3 Å². The molecule has 0 spiro atoms. The standard InChI is InChI=1S/C16H15FN2O3S/c1-10-13-9-14(16(20)22-7-6-21-2)23-15(13)19(18-10)12-5-3-4-11(17)8-12/h3-5,8-9H,6-7H2,1-2H3. The van der Waals surface area contributed by atoms with E-state index in [1.165, 1.54) is 23.5 Å². The van der Waals surface area contributed by atoms with Gasteiger partial charge in [0.1, 0.15) is 22.1 Å². The van der Waals surface area contributed by atoms with E-state index in [1.54, 1.807) is 30.0 Å². The van der Waals surface area contributed by atoms with Crippen LogP contribution < -0.4 is 0 Å². The number of benzene rings is 1. The van der Waals surface area contributed by atoms with E-state index in [9.17, 15) is 9.18 Å². The van der Waals surface area contributed by atoms with Gasteiger partial charge in [-0.3, -0.25) is 0 Å². The summed E-state index contributed by atoms with van der Waals surface area (Å²) in [7, 11) is 1.55. The van der Waals surface area contributed by atoms with Crippen molar-refractivity contribution in [3.8, 4) is 5.69 Å². The van der Waals surface area contributed by atoms with Gasteiger partial charge in [-0.25, -0.2) is 13.9 Å². The number of aryl methyl sites for hydroxylation is 1. The summed E-state index contributed by atoms with van der Waals surface area (Å²) in [4.78, 5) is 13.3. The molecule has 5 nitrogen and oxygen atoms in total. The fourth-order valence-corrected chi connectivity index (χ4v) is 3.30. The molecule has 0 unspecified atom stereocenters. The molecule has 1 aromatic carbocycles. The van der Waals surface area contributed by atoms with Crippen LogP contribution in [0.15, 0.2) is 30.3 Å². The van der Waals surface area contributed by atoms with E-state index in [1.807, 2.05) is 6.92 Å². The highest BCUT2D eigenvalue weighted by molar-refractivity contribution is 7.20. The smallest absolute Gasteiger partial charge is 0.348 e. The Morgan fingerprint density at radius 3 is 2.91 bits per heavy atom. The summed E-state index contributed by atoms with van der Waals surface area (Å²) in [5.74, 6) is -0.729. The Morgan fingerprint density at radius 2 is 2.17 bits per heavy atom. The van der Waals surface area contributed by atoms with Crippen molar-refractivity contribution in [2.75, 3.05) is 20.3 Å². The Bertz CT molecular complexity index is 856. The molecule has 3 rings (SSSR count). The second-order valence-electron chi connectivity index (χ2n) is 4.94. The van der Waals surface area contributed by atoms with Crippen LogP contribution in [0.25, 0.3) is 15.9 Å². The monoisotopic (exact) mass is 334 g/mol. The molecule has 0 fully saturated rings. The average molecular weight is 334 g/mol. The first kappa shape index (κ1) is 15.6. The van der Waals surface area contributed by atoms with Crippen molar-refractivity contribution in [1.29, 1.82) is 0 Å². The molecule has 0 amide bonds. The van der Waals surface area contributed by atoms with Gasteiger partial charge in [-0.1, -0.05) is 6.07 Å². The zero-order chi connectivity index (χ0) is 16.4. The highest BCUT2D eigenvalue weighted by atomic mass is 32.1. The van der Waals surface area contributed by atoms with E-state index < -0.39 is 5.97 Å². The van der Waals surface area contributed by atoms with Crippen LogP contribution in [0, 0.1) is 12.7 Å². The lowest BCUT2D eigenvalue weighted by Gasteiger charge is -2.03. The maximum Gasteiger partial charge on any atom is 0.348 e. The van der Waals surface area contributed by atoms with Crippen LogP contribution in [0.2, 0.25) is 0 Å². The summed E-state index contributed by atoms with van der Waals surface area (Å²) < 4.78 is 25.1. The van der Waals surface area contributed by atoms with Gasteiger partial charge in [0, 0.05) is 12.5 Å². The molecule has 120 valence electrons. The number of esters is 1. The predicted octanol–water partition coefficient (Wildman–Crippen LogP) is 3.34. The van der Waals surface area contributed by atoms with Gasteiger partial charge >= 0.3 is 5.97 Å². The topological polar surface area (TPSA) is 53.4 Å². The van der Waals surface area contributed by atoms with Crippen molar-refractivity contribution in [3.05, 3.63) is 46.7 Å². The number of fused-ring (bicyclic) bond motifs is 1. The second kappa shape index (κ2) is 6.47. The highest BCUT2D eigenvalue weighted by Gasteiger charge is 2.18. The quantitative estimate of drug-likeness (QED) is 0.530. The lowest BCUT2D eigenvalue weighted by molar-refractivity contribution is 0.0393. The van der Waals surface area contributed by atoms with E-state index in [0.29, 0.717) is 17.2 Å². The lowest BCUT2D eigenvalue weighted by atomic mass is 10.3. The van der Waals surface area contributed by atoms with E-state index in [4.69, 9.17) is 9.47 Å². The minimum absolute atomic E-state index is 0.207.